The molecule has 3 N–H and O–H groups in total. The maximum atomic E-state index is 10.7. The van der Waals surface area contributed by atoms with Gasteiger partial charge >= 0.3 is 5.97 Å². The van der Waals surface area contributed by atoms with Gasteiger partial charge in [-0.1, -0.05) is 0 Å². The van der Waals surface area contributed by atoms with Gasteiger partial charge in [-0.2, -0.15) is 0 Å². The highest BCUT2D eigenvalue weighted by molar-refractivity contribution is 7.17. The Morgan fingerprint density at radius 1 is 1.40 bits per heavy atom. The molecule has 0 aliphatic rings. The summed E-state index contributed by atoms with van der Waals surface area (Å²) in [7, 11) is 0. The van der Waals surface area contributed by atoms with E-state index in [1.165, 1.54) is 11.3 Å². The van der Waals surface area contributed by atoms with Crippen LogP contribution in [0.2, 0.25) is 0 Å². The van der Waals surface area contributed by atoms with Crippen LogP contribution in [0.4, 0.5) is 5.82 Å². The predicted molar refractivity (Wildman–Crippen MR) is 58.9 cm³/mol. The van der Waals surface area contributed by atoms with Crippen LogP contribution in [0.15, 0.2) is 30.5 Å². The number of thiophene rings is 1. The van der Waals surface area contributed by atoms with Crippen molar-refractivity contribution in [3.05, 3.63) is 35.3 Å². The molecule has 2 heterocycles. The number of pyridine rings is 1. The minimum Gasteiger partial charge on any atom is -0.477 e. The zero-order chi connectivity index (χ0) is 10.8. The summed E-state index contributed by atoms with van der Waals surface area (Å²) in [5, 5.41) is 8.77. The SMILES string of the molecule is Nc1cc(-c2ccc(C(=O)O)s2)ccn1. The van der Waals surface area contributed by atoms with E-state index >= 15 is 0 Å². The van der Waals surface area contributed by atoms with Crippen molar-refractivity contribution in [2.75, 3.05) is 5.73 Å². The van der Waals surface area contributed by atoms with E-state index in [4.69, 9.17) is 10.8 Å². The lowest BCUT2D eigenvalue weighted by Crippen LogP contribution is -1.89. The zero-order valence-corrected chi connectivity index (χ0v) is 8.49. The molecule has 2 rings (SSSR count). The lowest BCUT2D eigenvalue weighted by atomic mass is 10.2. The van der Waals surface area contributed by atoms with Crippen LogP contribution in [0.25, 0.3) is 10.4 Å². The van der Waals surface area contributed by atoms with E-state index in [1.807, 2.05) is 0 Å². The Bertz CT molecular complexity index is 508. The van der Waals surface area contributed by atoms with E-state index in [1.54, 1.807) is 30.5 Å². The van der Waals surface area contributed by atoms with E-state index in [0.717, 1.165) is 10.4 Å². The Morgan fingerprint density at radius 2 is 2.20 bits per heavy atom. The largest absolute Gasteiger partial charge is 0.477 e. The van der Waals surface area contributed by atoms with Gasteiger partial charge in [-0.3, -0.25) is 0 Å². The van der Waals surface area contributed by atoms with E-state index in [-0.39, 0.29) is 0 Å². The highest BCUT2D eigenvalue weighted by Crippen LogP contribution is 2.28. The molecule has 0 spiro atoms. The summed E-state index contributed by atoms with van der Waals surface area (Å²) >= 11 is 1.22. The quantitative estimate of drug-likeness (QED) is 0.812. The fourth-order valence-electron chi connectivity index (χ4n) is 1.21. The van der Waals surface area contributed by atoms with Crippen LogP contribution < -0.4 is 5.73 Å². The Kier molecular flexibility index (Phi) is 2.39. The number of carboxylic acid groups (broad SMARTS) is 1. The molecule has 0 unspecified atom stereocenters. The third kappa shape index (κ3) is 1.97. The van der Waals surface area contributed by atoms with Crippen LogP contribution >= 0.6 is 11.3 Å². The summed E-state index contributed by atoms with van der Waals surface area (Å²) in [6.07, 6.45) is 1.60. The summed E-state index contributed by atoms with van der Waals surface area (Å²) in [6.45, 7) is 0. The average Bonchev–Trinajstić information content (AvgIpc) is 2.66. The number of aromatic carboxylic acids is 1. The number of hydrogen-bond acceptors (Lipinski definition) is 4. The number of nitrogen functional groups attached to an aromatic ring is 1. The van der Waals surface area contributed by atoms with Crippen molar-refractivity contribution in [1.29, 1.82) is 0 Å². The molecular formula is C10H8N2O2S. The Labute approximate surface area is 90.0 Å². The smallest absolute Gasteiger partial charge is 0.345 e. The number of nitrogens with zero attached hydrogens (tertiary/aromatic N) is 1. The van der Waals surface area contributed by atoms with Crippen molar-refractivity contribution < 1.29 is 9.90 Å². The van der Waals surface area contributed by atoms with Crippen LogP contribution in [0.1, 0.15) is 9.67 Å². The Balaban J connectivity index is 2.41. The van der Waals surface area contributed by atoms with Gasteiger partial charge in [0.1, 0.15) is 10.7 Å². The number of aromatic nitrogens is 1. The first kappa shape index (κ1) is 9.67. The second-order valence-corrected chi connectivity index (χ2v) is 4.02. The minimum atomic E-state index is -0.909. The fourth-order valence-corrected chi connectivity index (χ4v) is 2.05. The molecular weight excluding hydrogens is 212 g/mol. The van der Waals surface area contributed by atoms with Gasteiger partial charge in [-0.05, 0) is 29.8 Å². The number of hydrogen-bond donors (Lipinski definition) is 2. The van der Waals surface area contributed by atoms with Crippen LogP contribution in [-0.4, -0.2) is 16.1 Å². The van der Waals surface area contributed by atoms with Crippen LogP contribution in [-0.2, 0) is 0 Å². The summed E-state index contributed by atoms with van der Waals surface area (Å²) in [4.78, 5) is 15.8. The molecule has 4 nitrogen and oxygen atoms in total. The molecule has 76 valence electrons. The molecule has 15 heavy (non-hydrogen) atoms. The molecule has 5 heteroatoms. The molecule has 0 fully saturated rings. The minimum absolute atomic E-state index is 0.320. The molecule has 0 saturated carbocycles. The number of carbonyl (C=O) groups is 1. The molecule has 0 aliphatic heterocycles. The van der Waals surface area contributed by atoms with Crippen molar-refractivity contribution in [3.63, 3.8) is 0 Å². The van der Waals surface area contributed by atoms with E-state index in [2.05, 4.69) is 4.98 Å². The molecule has 0 aromatic carbocycles. The van der Waals surface area contributed by atoms with Crippen molar-refractivity contribution in [2.45, 2.75) is 0 Å². The normalized spacial score (nSPS) is 10.1. The molecule has 0 radical (unpaired) electrons. The molecule has 0 aliphatic carbocycles. The maximum absolute atomic E-state index is 10.7. The first-order chi connectivity index (χ1) is 7.16. The van der Waals surface area contributed by atoms with Crippen molar-refractivity contribution in [3.8, 4) is 10.4 Å². The second-order valence-electron chi connectivity index (χ2n) is 2.94. The van der Waals surface area contributed by atoms with Crippen molar-refractivity contribution in [1.82, 2.24) is 4.98 Å². The van der Waals surface area contributed by atoms with Crippen molar-refractivity contribution in [2.24, 2.45) is 0 Å². The Hall–Kier alpha value is -1.88. The van der Waals surface area contributed by atoms with E-state index in [9.17, 15) is 4.79 Å². The topological polar surface area (TPSA) is 76.2 Å². The van der Waals surface area contributed by atoms with E-state index < -0.39 is 5.97 Å². The third-order valence-electron chi connectivity index (χ3n) is 1.88. The van der Waals surface area contributed by atoms with Crippen LogP contribution in [0, 0.1) is 0 Å². The number of carboxylic acids is 1. The first-order valence-corrected chi connectivity index (χ1v) is 5.03. The summed E-state index contributed by atoms with van der Waals surface area (Å²) < 4.78 is 0. The molecule has 0 amide bonds. The third-order valence-corrected chi connectivity index (χ3v) is 3.00. The maximum Gasteiger partial charge on any atom is 0.345 e. The lowest BCUT2D eigenvalue weighted by Gasteiger charge is -1.97. The fraction of sp³-hybridized carbons (Fsp3) is 0. The van der Waals surface area contributed by atoms with Crippen LogP contribution in [0.5, 0.6) is 0 Å². The molecule has 0 bridgehead atoms. The average molecular weight is 220 g/mol. The summed E-state index contributed by atoms with van der Waals surface area (Å²) in [6, 6.07) is 6.87. The van der Waals surface area contributed by atoms with Gasteiger partial charge in [-0.25, -0.2) is 9.78 Å². The molecule has 0 saturated heterocycles. The Morgan fingerprint density at radius 3 is 2.80 bits per heavy atom. The number of nitrogens with two attached hydrogens (primary N) is 1. The predicted octanol–water partition coefficient (Wildman–Crippen LogP) is 2.09. The standard InChI is InChI=1S/C10H8N2O2S/c11-9-5-6(3-4-12-9)7-1-2-8(15-7)10(13)14/h1-5H,(H2,11,12)(H,13,14). The van der Waals surface area contributed by atoms with Crippen molar-refractivity contribution >= 4 is 23.1 Å². The van der Waals surface area contributed by atoms with Gasteiger partial charge in [-0.15, -0.1) is 11.3 Å². The molecule has 2 aromatic rings. The highest BCUT2D eigenvalue weighted by atomic mass is 32.1. The number of rotatable bonds is 2. The van der Waals surface area contributed by atoms with E-state index in [0.29, 0.717) is 10.7 Å². The first-order valence-electron chi connectivity index (χ1n) is 4.22. The van der Waals surface area contributed by atoms with Gasteiger partial charge in [0.25, 0.3) is 0 Å². The number of anilines is 1. The summed E-state index contributed by atoms with van der Waals surface area (Å²) in [5.41, 5.74) is 6.43. The van der Waals surface area contributed by atoms with Gasteiger partial charge in [0, 0.05) is 11.1 Å². The highest BCUT2D eigenvalue weighted by Gasteiger charge is 2.08. The second kappa shape index (κ2) is 3.70. The lowest BCUT2D eigenvalue weighted by molar-refractivity contribution is 0.0702. The summed E-state index contributed by atoms with van der Waals surface area (Å²) in [5.74, 6) is -0.481. The molecule has 0 atom stereocenters. The van der Waals surface area contributed by atoms with Crippen LogP contribution in [0.3, 0.4) is 0 Å². The van der Waals surface area contributed by atoms with Gasteiger partial charge in [0.2, 0.25) is 0 Å². The van der Waals surface area contributed by atoms with Gasteiger partial charge < -0.3 is 10.8 Å². The van der Waals surface area contributed by atoms with Gasteiger partial charge in [0.15, 0.2) is 0 Å². The zero-order valence-electron chi connectivity index (χ0n) is 7.68. The monoisotopic (exact) mass is 220 g/mol. The molecule has 2 aromatic heterocycles. The van der Waals surface area contributed by atoms with Gasteiger partial charge in [0.05, 0.1) is 0 Å².